The van der Waals surface area contributed by atoms with Crippen LogP contribution in [0.15, 0.2) is 182 Å². The molecule has 2 aromatic heterocycles. The van der Waals surface area contributed by atoms with E-state index in [1.165, 1.54) is 66.3 Å². The lowest BCUT2D eigenvalue weighted by molar-refractivity contribution is 0.135. The molecule has 8 aromatic rings. The molecule has 600 valence electrons. The van der Waals surface area contributed by atoms with Gasteiger partial charge in [0, 0.05) is 141 Å². The van der Waals surface area contributed by atoms with Gasteiger partial charge in [0.25, 0.3) is 10.0 Å². The van der Waals surface area contributed by atoms with Crippen molar-refractivity contribution in [2.45, 2.75) is 122 Å². The maximum atomic E-state index is 13.1. The molecule has 0 unspecified atom stereocenters. The van der Waals surface area contributed by atoms with Gasteiger partial charge in [-0.25, -0.2) is 62.8 Å². The van der Waals surface area contributed by atoms with Crippen molar-refractivity contribution < 1.29 is 71.8 Å². The van der Waals surface area contributed by atoms with Crippen LogP contribution in [-0.2, 0) is 92.5 Å². The number of cyclic esters (lactones) is 4. The summed E-state index contributed by atoms with van der Waals surface area (Å²) in [5.74, 6) is 0. The number of aromatic nitrogens is 3. The summed E-state index contributed by atoms with van der Waals surface area (Å²) in [4.78, 5) is 64.4. The quantitative estimate of drug-likeness (QED) is 0.0810. The fraction of sp³-hybridized carbons (Fsp3) is 0.342. The Kier molecular flexibility index (Phi) is 26.8. The highest BCUT2D eigenvalue weighted by molar-refractivity contribution is 9.11. The number of aryl methyl sites for hydroxylation is 1. The highest BCUT2D eigenvalue weighted by atomic mass is 79.9. The molecule has 4 amide bonds. The predicted molar refractivity (Wildman–Crippen MR) is 442 cm³/mol. The molecule has 27 nitrogen and oxygen atoms in total. The average molecular weight is 2030 g/mol. The minimum atomic E-state index is -3.83. The first-order valence-corrected chi connectivity index (χ1v) is 46.5. The van der Waals surface area contributed by atoms with E-state index in [2.05, 4.69) is 89.6 Å². The number of anilines is 4. The fourth-order valence-corrected chi connectivity index (χ4v) is 23.8. The lowest BCUT2D eigenvalue weighted by atomic mass is 10.0. The summed E-state index contributed by atoms with van der Waals surface area (Å²) in [6.45, 7) is 3.39. The largest absolute Gasteiger partial charge is 0.444 e. The number of rotatable bonds is 12. The number of ether oxygens (including phenoxy) is 4. The van der Waals surface area contributed by atoms with E-state index in [-0.39, 0.29) is 111 Å². The second kappa shape index (κ2) is 35.6. The Labute approximate surface area is 715 Å². The molecule has 0 saturated carbocycles. The zero-order chi connectivity index (χ0) is 80.6. The van der Waals surface area contributed by atoms with E-state index >= 15 is 0 Å². The molecule has 8 aliphatic rings. The van der Waals surface area contributed by atoms with Crippen molar-refractivity contribution in [2.24, 2.45) is 7.05 Å². The van der Waals surface area contributed by atoms with E-state index < -0.39 is 52.3 Å². The van der Waals surface area contributed by atoms with Crippen LogP contribution >= 0.6 is 126 Å². The number of hydrogen-bond donors (Lipinski definition) is 0. The van der Waals surface area contributed by atoms with Gasteiger partial charge in [0.1, 0.15) is 41.4 Å². The summed E-state index contributed by atoms with van der Waals surface area (Å²) in [6, 6.07) is 34.6. The van der Waals surface area contributed by atoms with Crippen LogP contribution in [0.4, 0.5) is 41.9 Å². The Bertz CT molecular complexity index is 5450. The average Bonchev–Trinajstić information content (AvgIpc) is 1.29. The number of nitrogens with zero attached hydrogens (tertiary/aromatic N) is 11. The summed E-state index contributed by atoms with van der Waals surface area (Å²) < 4.78 is 136. The standard InChI is InChI=1S/C19H17BrCl2N2O4S.C19H18BrClN2O4S.C18H16Br2ClN3O4S.C17H19BrN4O4S/c20-13-4-5-17-12(10-13)11-28-19(25)24(17)14-6-8-23(9-7-14)29(26,27)18-15(21)2-1-3-16(18)22;20-14-1-6-18-13(11-14)12-27-19(24)23(18)16-7-9-22(10-8-16)28(25,26)17-4-2-15(21)3-5-17;19-12-1-2-16-11(7-12)10-28-18(25)24(16)13-3-5-23(6-4-13)29(26,27)14-8-15(20)17(21)22-9-14;1-20-9-16(19-11-20)27(24,25)21-6-4-14(5-7-21)22-15-3-2-13(18)8-12(15)10-26-17(22)23/h1-5,10,14H,6-9,11H2;1-6,11,16H,7-10,12H2;1-2,7-9,13H,3-6,10H2;2-3,8-9,11,14H,4-7,10H2,1H3. The van der Waals surface area contributed by atoms with Gasteiger partial charge >= 0.3 is 24.4 Å². The van der Waals surface area contributed by atoms with E-state index in [0.29, 0.717) is 100 Å². The first-order chi connectivity index (χ1) is 53.8. The van der Waals surface area contributed by atoms with Gasteiger partial charge in [-0.05, 0) is 183 Å². The van der Waals surface area contributed by atoms with Gasteiger partial charge in [-0.15, -0.1) is 0 Å². The number of pyridine rings is 1. The number of piperidine rings is 4. The second-order valence-electron chi connectivity index (χ2n) is 27.2. The first kappa shape index (κ1) is 84.9. The molecule has 6 aromatic carbocycles. The molecule has 0 atom stereocenters. The van der Waals surface area contributed by atoms with Crippen LogP contribution in [0, 0.1) is 0 Å². The number of carbonyl (C=O) groups excluding carboxylic acids is 4. The van der Waals surface area contributed by atoms with Crippen molar-refractivity contribution in [3.63, 3.8) is 0 Å². The van der Waals surface area contributed by atoms with Crippen LogP contribution < -0.4 is 19.6 Å². The van der Waals surface area contributed by atoms with Gasteiger partial charge in [-0.1, -0.05) is 116 Å². The monoisotopic (exact) mass is 2020 g/mol. The molecule has 0 spiro atoms. The number of halogens is 9. The smallest absolute Gasteiger partial charge is 0.414 e. The van der Waals surface area contributed by atoms with E-state index in [9.17, 15) is 52.8 Å². The normalized spacial score (nSPS) is 18.6. The number of hydrogen-bond acceptors (Lipinski definition) is 18. The molecule has 0 N–H and O–H groups in total. The molecular formula is C73H70Br5Cl4N11O16S4. The maximum absolute atomic E-state index is 13.1. The highest BCUT2D eigenvalue weighted by Gasteiger charge is 2.43. The van der Waals surface area contributed by atoms with Crippen molar-refractivity contribution in [1.82, 2.24) is 31.8 Å². The van der Waals surface area contributed by atoms with Gasteiger partial charge in [0.05, 0.1) is 48.5 Å². The van der Waals surface area contributed by atoms with Crippen LogP contribution in [0.5, 0.6) is 0 Å². The molecule has 0 radical (unpaired) electrons. The molecule has 113 heavy (non-hydrogen) atoms. The Morgan fingerprint density at radius 3 is 1.03 bits per heavy atom. The number of amides is 4. The lowest BCUT2D eigenvalue weighted by Crippen LogP contribution is -2.50. The minimum Gasteiger partial charge on any atom is -0.444 e. The molecular weight excluding hydrogens is 1960 g/mol. The SMILES string of the molecule is Cn1cnc(S(=O)(=O)N2CCC(N3C(=O)OCc4cc(Br)ccc43)CC2)c1.O=C1OCc2cc(Br)ccc2N1C1CCN(S(=O)(=O)c2c(Cl)cccc2Cl)CC1.O=C1OCc2cc(Br)ccc2N1C1CCN(S(=O)(=O)c2ccc(Cl)cc2)CC1.O=C1OCc2cc(Br)ccc2N1C1CCN(S(=O)(=O)c2cnc(Cl)c(Br)c2)CC1. The van der Waals surface area contributed by atoms with E-state index in [1.807, 2.05) is 72.8 Å². The highest BCUT2D eigenvalue weighted by Crippen LogP contribution is 2.42. The first-order valence-electron chi connectivity index (χ1n) is 35.2. The van der Waals surface area contributed by atoms with Gasteiger partial charge < -0.3 is 23.5 Å². The molecule has 16 rings (SSSR count). The Hall–Kier alpha value is -6.04. The fourth-order valence-electron chi connectivity index (χ4n) is 14.6. The van der Waals surface area contributed by atoms with Crippen molar-refractivity contribution in [1.29, 1.82) is 0 Å². The molecule has 10 heterocycles. The van der Waals surface area contributed by atoms with Gasteiger partial charge in [-0.3, -0.25) is 19.6 Å². The van der Waals surface area contributed by atoms with Crippen molar-refractivity contribution in [3.05, 3.63) is 205 Å². The summed E-state index contributed by atoms with van der Waals surface area (Å²) in [5, 5.41) is 0.941. The predicted octanol–water partition coefficient (Wildman–Crippen LogP) is 16.5. The molecule has 0 bridgehead atoms. The van der Waals surface area contributed by atoms with E-state index in [4.69, 9.17) is 65.4 Å². The van der Waals surface area contributed by atoms with Crippen LogP contribution in [0.2, 0.25) is 20.2 Å². The zero-order valence-corrected chi connectivity index (χ0v) is 73.9. The Morgan fingerprint density at radius 2 is 0.708 bits per heavy atom. The third-order valence-corrected chi connectivity index (χ3v) is 32.0. The van der Waals surface area contributed by atoms with Gasteiger partial charge in [0.2, 0.25) is 30.1 Å². The minimum absolute atomic E-state index is 0.0519. The van der Waals surface area contributed by atoms with Crippen molar-refractivity contribution in [2.75, 3.05) is 72.0 Å². The molecule has 0 aliphatic carbocycles. The zero-order valence-electron chi connectivity index (χ0n) is 59.7. The number of imidazole rings is 1. The number of fused-ring (bicyclic) bond motifs is 4. The van der Waals surface area contributed by atoms with Crippen LogP contribution in [0.1, 0.15) is 73.6 Å². The van der Waals surface area contributed by atoms with E-state index in [1.54, 1.807) is 49.4 Å². The summed E-state index contributed by atoms with van der Waals surface area (Å²) in [6.07, 6.45) is 6.78. The van der Waals surface area contributed by atoms with Gasteiger partial charge in [-0.2, -0.15) is 17.2 Å². The number of sulfonamides is 4. The van der Waals surface area contributed by atoms with Crippen molar-refractivity contribution in [3.8, 4) is 0 Å². The second-order valence-corrected chi connectivity index (χ2v) is 40.9. The molecule has 40 heteroatoms. The summed E-state index contributed by atoms with van der Waals surface area (Å²) >= 11 is 40.9. The van der Waals surface area contributed by atoms with Crippen LogP contribution in [-0.4, -0.2) is 166 Å². The summed E-state index contributed by atoms with van der Waals surface area (Å²) in [7, 11) is -13.0. The lowest BCUT2D eigenvalue weighted by Gasteiger charge is -2.39. The summed E-state index contributed by atoms with van der Waals surface area (Å²) in [5.41, 5.74) is 7.00. The van der Waals surface area contributed by atoms with E-state index in [0.717, 1.165) is 62.9 Å². The van der Waals surface area contributed by atoms with Gasteiger partial charge in [0.15, 0.2) is 5.03 Å². The van der Waals surface area contributed by atoms with Crippen LogP contribution in [0.25, 0.3) is 0 Å². The molecule has 8 aliphatic heterocycles. The molecule has 4 saturated heterocycles. The number of carbonyl (C=O) groups is 4. The topological polar surface area (TPSA) is 298 Å². The van der Waals surface area contributed by atoms with Crippen molar-refractivity contribution >= 4 is 213 Å². The van der Waals surface area contributed by atoms with Crippen LogP contribution in [0.3, 0.4) is 0 Å². The Morgan fingerprint density at radius 1 is 0.389 bits per heavy atom. The third kappa shape index (κ3) is 18.6. The maximum Gasteiger partial charge on any atom is 0.414 e. The Balaban J connectivity index is 0.000000132. The molecule has 4 fully saturated rings. The third-order valence-electron chi connectivity index (χ3n) is 20.2. The number of benzene rings is 6.